The van der Waals surface area contributed by atoms with Crippen LogP contribution in [0.1, 0.15) is 31.4 Å². The number of hydrogen-bond donors (Lipinski definition) is 1. The fourth-order valence-corrected chi connectivity index (χ4v) is 3.87. The van der Waals surface area contributed by atoms with Crippen LogP contribution in [-0.4, -0.2) is 49.1 Å². The second kappa shape index (κ2) is 7.93. The average Bonchev–Trinajstić information content (AvgIpc) is 2.51. The van der Waals surface area contributed by atoms with Crippen LogP contribution in [0.25, 0.3) is 0 Å². The highest BCUT2D eigenvalue weighted by molar-refractivity contribution is 9.10. The van der Waals surface area contributed by atoms with Gasteiger partial charge in [0.2, 0.25) is 0 Å². The van der Waals surface area contributed by atoms with Crippen LogP contribution in [0.5, 0.6) is 0 Å². The van der Waals surface area contributed by atoms with Crippen molar-refractivity contribution in [2.75, 3.05) is 33.2 Å². The van der Waals surface area contributed by atoms with Crippen molar-refractivity contribution >= 4 is 27.5 Å². The average molecular weight is 375 g/mol. The van der Waals surface area contributed by atoms with Gasteiger partial charge in [0.15, 0.2) is 0 Å². The molecule has 0 bridgehead atoms. The van der Waals surface area contributed by atoms with Crippen LogP contribution in [0.15, 0.2) is 22.7 Å². The minimum absolute atomic E-state index is 0.205. The lowest BCUT2D eigenvalue weighted by atomic mass is 9.98. The Kier molecular flexibility index (Phi) is 6.51. The van der Waals surface area contributed by atoms with E-state index in [0.29, 0.717) is 12.6 Å². The zero-order chi connectivity index (χ0) is 15.4. The normalized spacial score (nSPS) is 19.1. The summed E-state index contributed by atoms with van der Waals surface area (Å²) in [6.45, 7) is 6.34. The van der Waals surface area contributed by atoms with E-state index in [1.807, 2.05) is 18.2 Å². The Hall–Kier alpha value is -0.130. The van der Waals surface area contributed by atoms with Crippen LogP contribution in [0, 0.1) is 0 Å². The first-order valence-corrected chi connectivity index (χ1v) is 8.83. The highest BCUT2D eigenvalue weighted by atomic mass is 79.9. The lowest BCUT2D eigenvalue weighted by Gasteiger charge is -2.40. The van der Waals surface area contributed by atoms with Gasteiger partial charge in [0.1, 0.15) is 0 Å². The summed E-state index contributed by atoms with van der Waals surface area (Å²) in [4.78, 5) is 4.94. The van der Waals surface area contributed by atoms with Crippen LogP contribution in [0.3, 0.4) is 0 Å². The lowest BCUT2D eigenvalue weighted by molar-refractivity contribution is 0.101. The molecule has 1 saturated heterocycles. The number of likely N-dealkylation sites (N-methyl/N-ethyl adjacent to an activating group) is 1. The van der Waals surface area contributed by atoms with Crippen LogP contribution >= 0.6 is 27.5 Å². The summed E-state index contributed by atoms with van der Waals surface area (Å²) in [6, 6.07) is 6.74. The number of nitrogens with two attached hydrogens (primary N) is 1. The molecule has 118 valence electrons. The van der Waals surface area contributed by atoms with Crippen LogP contribution in [-0.2, 0) is 0 Å². The van der Waals surface area contributed by atoms with E-state index < -0.39 is 0 Å². The molecule has 0 amide bonds. The van der Waals surface area contributed by atoms with Gasteiger partial charge in [-0.1, -0.05) is 34.5 Å². The van der Waals surface area contributed by atoms with Crippen molar-refractivity contribution in [3.05, 3.63) is 33.3 Å². The Morgan fingerprint density at radius 1 is 1.43 bits per heavy atom. The predicted octanol–water partition coefficient (Wildman–Crippen LogP) is 3.52. The summed E-state index contributed by atoms with van der Waals surface area (Å²) < 4.78 is 1.08. The zero-order valence-electron chi connectivity index (χ0n) is 12.9. The molecule has 0 radical (unpaired) electrons. The number of benzene rings is 1. The molecule has 1 aliphatic rings. The fraction of sp³-hybridized carbons (Fsp3) is 0.625. The maximum Gasteiger partial charge on any atom is 0.0482 e. The number of likely N-dealkylation sites (tertiary alicyclic amines) is 1. The highest BCUT2D eigenvalue weighted by Gasteiger charge is 2.27. The summed E-state index contributed by atoms with van der Waals surface area (Å²) in [5, 5.41) is 0.765. The van der Waals surface area contributed by atoms with Crippen LogP contribution < -0.4 is 5.73 Å². The van der Waals surface area contributed by atoms with Crippen molar-refractivity contribution < 1.29 is 0 Å². The van der Waals surface area contributed by atoms with Crippen molar-refractivity contribution in [1.29, 1.82) is 0 Å². The molecule has 1 aromatic rings. The van der Waals surface area contributed by atoms with E-state index in [1.54, 1.807) is 0 Å². The molecule has 0 saturated carbocycles. The third kappa shape index (κ3) is 4.20. The first kappa shape index (κ1) is 17.2. The molecule has 0 spiro atoms. The van der Waals surface area contributed by atoms with Crippen molar-refractivity contribution in [3.8, 4) is 0 Å². The van der Waals surface area contributed by atoms with Crippen LogP contribution in [0.4, 0.5) is 0 Å². The van der Waals surface area contributed by atoms with Gasteiger partial charge < -0.3 is 10.6 Å². The van der Waals surface area contributed by atoms with Gasteiger partial charge in [0, 0.05) is 28.1 Å². The minimum Gasteiger partial charge on any atom is -0.329 e. The Morgan fingerprint density at radius 3 is 2.67 bits per heavy atom. The second-order valence-electron chi connectivity index (χ2n) is 5.75. The summed E-state index contributed by atoms with van der Waals surface area (Å²) in [7, 11) is 2.19. The summed E-state index contributed by atoms with van der Waals surface area (Å²) in [5.41, 5.74) is 7.25. The van der Waals surface area contributed by atoms with E-state index in [0.717, 1.165) is 16.0 Å². The van der Waals surface area contributed by atoms with Crippen molar-refractivity contribution in [3.63, 3.8) is 0 Å². The van der Waals surface area contributed by atoms with E-state index in [4.69, 9.17) is 17.3 Å². The molecule has 1 heterocycles. The highest BCUT2D eigenvalue weighted by Crippen LogP contribution is 2.32. The Balaban J connectivity index is 2.11. The van der Waals surface area contributed by atoms with E-state index in [1.165, 1.54) is 31.5 Å². The van der Waals surface area contributed by atoms with Gasteiger partial charge in [0.05, 0.1) is 0 Å². The van der Waals surface area contributed by atoms with Gasteiger partial charge in [0.25, 0.3) is 0 Å². The topological polar surface area (TPSA) is 32.5 Å². The standard InChI is InChI=1S/C16H25BrClN3/c1-3-21-8-6-13(7-9-21)20(2)16(11-19)14-10-12(18)4-5-15(14)17/h4-5,10,13,16H,3,6-9,11,19H2,1-2H3. The van der Waals surface area contributed by atoms with Gasteiger partial charge in [-0.2, -0.15) is 0 Å². The van der Waals surface area contributed by atoms with Crippen LogP contribution in [0.2, 0.25) is 5.02 Å². The Morgan fingerprint density at radius 2 is 2.10 bits per heavy atom. The summed E-state index contributed by atoms with van der Waals surface area (Å²) >= 11 is 9.80. The maximum absolute atomic E-state index is 6.16. The van der Waals surface area contributed by atoms with Gasteiger partial charge in [-0.05, 0) is 63.3 Å². The first-order valence-electron chi connectivity index (χ1n) is 7.66. The number of rotatable bonds is 5. The monoisotopic (exact) mass is 373 g/mol. The SMILES string of the molecule is CCN1CCC(N(C)C(CN)c2cc(Cl)ccc2Br)CC1. The Bertz CT molecular complexity index is 461. The predicted molar refractivity (Wildman–Crippen MR) is 93.8 cm³/mol. The number of nitrogens with zero attached hydrogens (tertiary/aromatic N) is 2. The molecule has 0 aromatic heterocycles. The van der Waals surface area contributed by atoms with E-state index >= 15 is 0 Å². The van der Waals surface area contributed by atoms with Crippen molar-refractivity contribution in [1.82, 2.24) is 9.80 Å². The lowest BCUT2D eigenvalue weighted by Crippen LogP contribution is -2.46. The summed E-state index contributed by atoms with van der Waals surface area (Å²) in [5.74, 6) is 0. The maximum atomic E-state index is 6.16. The Labute approximate surface area is 141 Å². The third-order valence-corrected chi connectivity index (χ3v) is 5.57. The minimum atomic E-state index is 0.205. The van der Waals surface area contributed by atoms with Gasteiger partial charge in [-0.15, -0.1) is 0 Å². The van der Waals surface area contributed by atoms with E-state index in [2.05, 4.69) is 39.7 Å². The van der Waals surface area contributed by atoms with Gasteiger partial charge in [-0.25, -0.2) is 0 Å². The first-order chi connectivity index (χ1) is 10.1. The van der Waals surface area contributed by atoms with E-state index in [-0.39, 0.29) is 6.04 Å². The second-order valence-corrected chi connectivity index (χ2v) is 7.04. The van der Waals surface area contributed by atoms with Gasteiger partial charge >= 0.3 is 0 Å². The smallest absolute Gasteiger partial charge is 0.0482 e. The molecular formula is C16H25BrClN3. The number of hydrogen-bond acceptors (Lipinski definition) is 3. The zero-order valence-corrected chi connectivity index (χ0v) is 15.2. The summed E-state index contributed by atoms with van der Waals surface area (Å²) in [6.07, 6.45) is 2.41. The van der Waals surface area contributed by atoms with Gasteiger partial charge in [-0.3, -0.25) is 4.90 Å². The largest absolute Gasteiger partial charge is 0.329 e. The number of piperidine rings is 1. The molecule has 2 N–H and O–H groups in total. The molecule has 5 heteroatoms. The molecule has 21 heavy (non-hydrogen) atoms. The molecule has 1 atom stereocenters. The molecule has 3 nitrogen and oxygen atoms in total. The molecule has 1 fully saturated rings. The quantitative estimate of drug-likeness (QED) is 0.856. The van der Waals surface area contributed by atoms with Crippen molar-refractivity contribution in [2.24, 2.45) is 5.73 Å². The number of halogens is 2. The van der Waals surface area contributed by atoms with Crippen molar-refractivity contribution in [2.45, 2.75) is 31.8 Å². The molecule has 1 unspecified atom stereocenters. The molecule has 1 aliphatic heterocycles. The molecule has 1 aromatic carbocycles. The van der Waals surface area contributed by atoms with E-state index in [9.17, 15) is 0 Å². The molecule has 0 aliphatic carbocycles. The fourth-order valence-electron chi connectivity index (χ4n) is 3.18. The molecular weight excluding hydrogens is 350 g/mol. The molecule has 2 rings (SSSR count). The third-order valence-electron chi connectivity index (χ3n) is 4.61.